The van der Waals surface area contributed by atoms with Gasteiger partial charge in [0.05, 0.1) is 7.11 Å². The summed E-state index contributed by atoms with van der Waals surface area (Å²) in [6.07, 6.45) is 26.4. The summed E-state index contributed by atoms with van der Waals surface area (Å²) in [5.74, 6) is 3.13. The number of Topliss-reactive ketones (excluding diaryl/α,β-unsaturated/α-hetero) is 1. The van der Waals surface area contributed by atoms with Gasteiger partial charge in [0.25, 0.3) is 5.91 Å². The molecule has 12 N–H and O–H groups in total. The van der Waals surface area contributed by atoms with Crippen LogP contribution < -0.4 is 73.4 Å². The van der Waals surface area contributed by atoms with Crippen molar-refractivity contribution in [3.8, 4) is 5.75 Å². The van der Waals surface area contributed by atoms with Crippen molar-refractivity contribution in [3.05, 3.63) is 273 Å². The van der Waals surface area contributed by atoms with Gasteiger partial charge in [0.1, 0.15) is 11.5 Å². The normalized spacial score (nSPS) is 12.3. The Bertz CT molecular complexity index is 4190. The van der Waals surface area contributed by atoms with E-state index in [0.717, 1.165) is 121 Å². The minimum absolute atomic E-state index is 0.0353. The first-order valence-corrected chi connectivity index (χ1v) is 57.0. The molecule has 1 saturated carbocycles. The third-order valence-electron chi connectivity index (χ3n) is 24.7. The fraction of sp³-hybridized carbons (Fsp3) is 0.612. The summed E-state index contributed by atoms with van der Waals surface area (Å²) in [6, 6.07) is 78.1. The molecule has 826 valence electrons. The Labute approximate surface area is 898 Å². The second-order valence-corrected chi connectivity index (χ2v) is 43.2. The molecule has 10 rings (SSSR count). The average molecular weight is 2020 g/mol. The molecule has 146 heavy (non-hydrogen) atoms. The summed E-state index contributed by atoms with van der Waals surface area (Å²) in [4.78, 5) is 26.9. The highest BCUT2D eigenvalue weighted by Crippen LogP contribution is 2.26. The van der Waals surface area contributed by atoms with Crippen molar-refractivity contribution in [2.24, 2.45) is 11.8 Å². The number of benzene rings is 8. The Morgan fingerprint density at radius 3 is 1.07 bits per heavy atom. The molecule has 1 saturated heterocycles. The Morgan fingerprint density at radius 1 is 0.356 bits per heavy atom. The number of hydrogen-bond donors (Lipinski definition) is 12. The number of aryl methyl sites for hydroxylation is 3. The number of piperidine rings is 1. The Morgan fingerprint density at radius 2 is 0.685 bits per heavy atom. The van der Waals surface area contributed by atoms with Crippen LogP contribution in [0.1, 0.15) is 328 Å². The van der Waals surface area contributed by atoms with Crippen LogP contribution in [0.2, 0.25) is 0 Å². The first kappa shape index (κ1) is 138. The van der Waals surface area contributed by atoms with Gasteiger partial charge < -0.3 is 78.3 Å². The highest BCUT2D eigenvalue weighted by atomic mass is 16.5. The number of methoxy groups -OCH3 is 1. The van der Waals surface area contributed by atoms with E-state index in [1.54, 1.807) is 21.1 Å². The SMILES string of the molecule is CC(=O)Cc1ccc(CCNC(C)C)cc1.CC(C)NCCC1CCCCC1.CC(C)NCCCc1ccccc1.CC(C)NCCN1CCCCC1.CC(C)NCCc1ccc(N(C)C)cc1.CC(C)NCCc1ccccc1.CC(C)NCc1ccccc1.CCC(CC)CCNC(C)C.CNC(=O)c1ccc(CCNC(C)C)cc1.COc1cc(CCNC(C)C)ccc1C.Cc1ccc(CCNC(C)C)cc1. The average Bonchev–Trinajstić information content (AvgIpc) is 0.875. The van der Waals surface area contributed by atoms with Crippen molar-refractivity contribution in [2.45, 2.75) is 395 Å². The number of carbonyl (C=O) groups excluding carboxylic acids is 2. The molecule has 17 heteroatoms. The Balaban J connectivity index is 0.00000159. The lowest BCUT2D eigenvalue weighted by atomic mass is 9.87. The van der Waals surface area contributed by atoms with E-state index in [2.05, 4.69) is 432 Å². The fourth-order valence-electron chi connectivity index (χ4n) is 15.8. The van der Waals surface area contributed by atoms with Gasteiger partial charge >= 0.3 is 0 Å². The van der Waals surface area contributed by atoms with Crippen LogP contribution >= 0.6 is 0 Å². The maximum atomic E-state index is 11.3. The van der Waals surface area contributed by atoms with Crippen LogP contribution in [0.25, 0.3) is 0 Å². The summed E-state index contributed by atoms with van der Waals surface area (Å²) < 4.78 is 5.29. The van der Waals surface area contributed by atoms with Crippen LogP contribution in [0, 0.1) is 25.7 Å². The van der Waals surface area contributed by atoms with Crippen molar-refractivity contribution in [3.63, 3.8) is 0 Å². The number of rotatable bonds is 51. The third kappa shape index (κ3) is 84.8. The molecular formula is C129H222N14O3. The summed E-state index contributed by atoms with van der Waals surface area (Å²) in [6.45, 7) is 74.0. The van der Waals surface area contributed by atoms with Gasteiger partial charge in [-0.25, -0.2) is 0 Å². The van der Waals surface area contributed by atoms with Gasteiger partial charge in [0.2, 0.25) is 0 Å². The van der Waals surface area contributed by atoms with Crippen LogP contribution in [0.15, 0.2) is 206 Å². The largest absolute Gasteiger partial charge is 0.496 e. The second kappa shape index (κ2) is 90.9. The summed E-state index contributed by atoms with van der Waals surface area (Å²) in [5, 5.41) is 40.2. The molecule has 1 aliphatic carbocycles. The molecule has 1 aliphatic heterocycles. The fourth-order valence-corrected chi connectivity index (χ4v) is 15.8. The number of hydrogen-bond acceptors (Lipinski definition) is 16. The van der Waals surface area contributed by atoms with E-state index in [1.165, 1.54) is 184 Å². The molecule has 2 fully saturated rings. The van der Waals surface area contributed by atoms with Crippen LogP contribution in [-0.2, 0) is 62.7 Å². The number of nitrogens with one attached hydrogen (secondary N) is 12. The number of anilines is 1. The van der Waals surface area contributed by atoms with Crippen molar-refractivity contribution in [2.75, 3.05) is 118 Å². The quantitative estimate of drug-likeness (QED) is 0.0161. The van der Waals surface area contributed by atoms with Crippen LogP contribution in [-0.4, -0.2) is 196 Å². The van der Waals surface area contributed by atoms with E-state index >= 15 is 0 Å². The molecule has 8 aromatic rings. The predicted octanol–water partition coefficient (Wildman–Crippen LogP) is 25.6. The number of likely N-dealkylation sites (tertiary alicyclic amines) is 1. The lowest BCUT2D eigenvalue weighted by Gasteiger charge is -2.26. The first-order valence-electron chi connectivity index (χ1n) is 57.0. The molecule has 1 amide bonds. The van der Waals surface area contributed by atoms with Gasteiger partial charge in [-0.1, -0.05) is 399 Å². The molecule has 17 nitrogen and oxygen atoms in total. The van der Waals surface area contributed by atoms with Gasteiger partial charge in [0, 0.05) is 125 Å². The van der Waals surface area contributed by atoms with Gasteiger partial charge in [0.15, 0.2) is 0 Å². The molecular weight excluding hydrogens is 1790 g/mol. The summed E-state index contributed by atoms with van der Waals surface area (Å²) in [5.41, 5.74) is 16.5. The lowest BCUT2D eigenvalue weighted by molar-refractivity contribution is -0.116. The third-order valence-corrected chi connectivity index (χ3v) is 24.7. The van der Waals surface area contributed by atoms with Crippen LogP contribution in [0.4, 0.5) is 5.69 Å². The molecule has 0 spiro atoms. The van der Waals surface area contributed by atoms with E-state index in [1.807, 2.05) is 42.5 Å². The zero-order chi connectivity index (χ0) is 109. The standard InChI is InChI=1S/C14H21NO.C13H20N2O.C13H22N2.C13H21NO.2C12H19N.C11H23N.C11H17N.C10H22N2.C10H15N.C10H23N/c1-11(2)15-9-8-13-4-6-14(7-5-13)10-12(3)16;1-10(2)15-9-8-11-4-6-12(7-5-11)13(16)14-3;1-11(2)14-10-9-12-5-7-13(8-6-12)15(3)4;1-10(2)14-8-7-12-6-5-11(3)13(9-12)15-4;1-10(2)13-9-8-12-6-4-11(3)5-7-12;1-11(2)13-10-6-9-12-7-4-3-5-8-12;2*1-10(2)12-9-8-11-6-4-3-5-7-11;1-10(2)11-6-9-12-7-4-3-5-8-12;1-9(2)11-8-10-6-4-3-5-7-10;1-5-10(6-2)7-8-11-9(3)4/h4-7,11,15H,8-10H2,1-3H3;4-7,10,15H,8-9H2,1-3H3,(H,14,16);5-8,11,14H,9-10H2,1-4H3;5-6,9-10,14H,7-8H2,1-4H3;4-7,10,13H,8-9H2,1-3H3;3-5,7-8,11,13H,6,9-10H2,1-2H3;10-12H,3-9H2,1-2H3;3-7,10,12H,8-9H2,1-2H3;10-11H,3-9H2,1-2H3;3-7,9,11H,8H2,1-2H3;9-11H,5-8H2,1-4H3. The van der Waals surface area contributed by atoms with Crippen LogP contribution in [0.3, 0.4) is 0 Å². The molecule has 0 radical (unpaired) electrons. The zero-order valence-corrected chi connectivity index (χ0v) is 99.0. The smallest absolute Gasteiger partial charge is 0.251 e. The second-order valence-electron chi connectivity index (χ2n) is 43.2. The molecule has 1 heterocycles. The molecule has 2 aliphatic rings. The van der Waals surface area contributed by atoms with Crippen molar-refractivity contribution >= 4 is 17.4 Å². The van der Waals surface area contributed by atoms with E-state index < -0.39 is 0 Å². The Kier molecular flexibility index (Phi) is 85.9. The van der Waals surface area contributed by atoms with Crippen molar-refractivity contribution in [1.82, 2.24) is 68.7 Å². The molecule has 0 unspecified atom stereocenters. The van der Waals surface area contributed by atoms with E-state index in [9.17, 15) is 9.59 Å². The van der Waals surface area contributed by atoms with E-state index in [0.29, 0.717) is 78.4 Å². The van der Waals surface area contributed by atoms with Crippen molar-refractivity contribution in [1.29, 1.82) is 0 Å². The lowest BCUT2D eigenvalue weighted by Crippen LogP contribution is -2.37. The number of ketones is 1. The van der Waals surface area contributed by atoms with E-state index in [-0.39, 0.29) is 11.7 Å². The Hall–Kier alpha value is -7.98. The minimum atomic E-state index is -0.0353. The number of amides is 1. The van der Waals surface area contributed by atoms with Crippen molar-refractivity contribution < 1.29 is 14.3 Å². The monoisotopic (exact) mass is 2020 g/mol. The zero-order valence-electron chi connectivity index (χ0n) is 99.0. The van der Waals surface area contributed by atoms with Gasteiger partial charge in [-0.3, -0.25) is 9.59 Å². The molecule has 0 aromatic heterocycles. The maximum absolute atomic E-state index is 11.3. The van der Waals surface area contributed by atoms with Gasteiger partial charge in [-0.05, 0) is 268 Å². The van der Waals surface area contributed by atoms with Gasteiger partial charge in [-0.15, -0.1) is 0 Å². The predicted molar refractivity (Wildman–Crippen MR) is 644 cm³/mol. The van der Waals surface area contributed by atoms with Crippen LogP contribution in [0.5, 0.6) is 5.75 Å². The molecule has 8 aromatic carbocycles. The minimum Gasteiger partial charge on any atom is -0.496 e. The summed E-state index contributed by atoms with van der Waals surface area (Å²) in [7, 11) is 7.49. The maximum Gasteiger partial charge on any atom is 0.251 e. The highest BCUT2D eigenvalue weighted by Gasteiger charge is 2.14. The first-order chi connectivity index (χ1) is 69.7. The molecule has 0 atom stereocenters. The van der Waals surface area contributed by atoms with E-state index in [4.69, 9.17) is 4.74 Å². The summed E-state index contributed by atoms with van der Waals surface area (Å²) >= 11 is 0. The number of carbonyl (C=O) groups is 2. The number of ether oxygens (including phenoxy) is 1. The number of nitrogens with zero attached hydrogens (tertiary/aromatic N) is 2. The topological polar surface area (TPSA) is 194 Å². The van der Waals surface area contributed by atoms with Gasteiger partial charge in [-0.2, -0.15) is 0 Å². The highest BCUT2D eigenvalue weighted by molar-refractivity contribution is 5.94. The molecule has 0 bridgehead atoms.